The number of hydrogen-bond donors (Lipinski definition) is 2. The van der Waals surface area contributed by atoms with Crippen molar-refractivity contribution in [3.63, 3.8) is 0 Å². The van der Waals surface area contributed by atoms with E-state index in [4.69, 9.17) is 14.2 Å². The summed E-state index contributed by atoms with van der Waals surface area (Å²) in [7, 11) is 0. The fourth-order valence-electron chi connectivity index (χ4n) is 2.85. The summed E-state index contributed by atoms with van der Waals surface area (Å²) >= 11 is 0. The van der Waals surface area contributed by atoms with Gasteiger partial charge in [0.1, 0.15) is 16.9 Å². The number of nitrogens with zero attached hydrogens (tertiary/aromatic N) is 1. The van der Waals surface area contributed by atoms with Crippen LogP contribution in [0, 0.1) is 0 Å². The molecule has 1 rings (SSSR count). The molecule has 1 aliphatic rings. The first-order valence-electron chi connectivity index (χ1n) is 9.41. The zero-order chi connectivity index (χ0) is 21.0. The molecule has 0 bridgehead atoms. The Hall–Kier alpha value is -1.54. The van der Waals surface area contributed by atoms with Crippen LogP contribution in [0.5, 0.6) is 0 Å². The lowest BCUT2D eigenvalue weighted by Crippen LogP contribution is -2.50. The molecule has 158 valence electrons. The molecule has 27 heavy (non-hydrogen) atoms. The minimum atomic E-state index is -0.777. The van der Waals surface area contributed by atoms with Gasteiger partial charge in [-0.25, -0.2) is 9.59 Å². The predicted octanol–water partition coefficient (Wildman–Crippen LogP) is 3.02. The number of ether oxygens (including phenoxy) is 3. The van der Waals surface area contributed by atoms with Gasteiger partial charge in [0, 0.05) is 0 Å². The summed E-state index contributed by atoms with van der Waals surface area (Å²) in [5, 5.41) is 12.2. The van der Waals surface area contributed by atoms with Crippen molar-refractivity contribution >= 4 is 12.2 Å². The Kier molecular flexibility index (Phi) is 7.52. The Bertz CT molecular complexity index is 521. The normalized spacial score (nSPS) is 20.9. The van der Waals surface area contributed by atoms with Gasteiger partial charge in [-0.15, -0.1) is 0 Å². The highest BCUT2D eigenvalue weighted by molar-refractivity contribution is 5.70. The van der Waals surface area contributed by atoms with Crippen LogP contribution in [0.3, 0.4) is 0 Å². The first-order chi connectivity index (χ1) is 12.1. The molecule has 0 unspecified atom stereocenters. The van der Waals surface area contributed by atoms with Gasteiger partial charge in [-0.3, -0.25) is 4.90 Å². The average Bonchev–Trinajstić information content (AvgIpc) is 2.74. The molecular weight excluding hydrogens is 352 g/mol. The number of carbonyl (C=O) groups excluding carboxylic acids is 2. The van der Waals surface area contributed by atoms with Gasteiger partial charge in [0.15, 0.2) is 0 Å². The van der Waals surface area contributed by atoms with E-state index in [-0.39, 0.29) is 12.6 Å². The minimum absolute atomic E-state index is 0.204. The van der Waals surface area contributed by atoms with Crippen molar-refractivity contribution in [2.45, 2.75) is 97.2 Å². The Morgan fingerprint density at radius 2 is 1.74 bits per heavy atom. The van der Waals surface area contributed by atoms with E-state index >= 15 is 0 Å². The summed E-state index contributed by atoms with van der Waals surface area (Å²) < 4.78 is 16.5. The SMILES string of the molecule is CC(C)(C)OC(=O)N[C@@H](CO)CC[C@@H]1COC(C)(C)N1C(=O)OC(C)(C)C. The highest BCUT2D eigenvalue weighted by atomic mass is 16.6. The second-order valence-corrected chi connectivity index (χ2v) is 9.36. The smallest absolute Gasteiger partial charge is 0.412 e. The van der Waals surface area contributed by atoms with E-state index in [0.717, 1.165) is 0 Å². The van der Waals surface area contributed by atoms with Crippen LogP contribution in [-0.4, -0.2) is 64.4 Å². The molecule has 0 aromatic rings. The molecule has 1 aliphatic heterocycles. The first kappa shape index (κ1) is 23.5. The van der Waals surface area contributed by atoms with Gasteiger partial charge < -0.3 is 24.6 Å². The Balaban J connectivity index is 2.69. The van der Waals surface area contributed by atoms with E-state index < -0.39 is 35.2 Å². The number of hydrogen-bond acceptors (Lipinski definition) is 6. The summed E-state index contributed by atoms with van der Waals surface area (Å²) in [6.45, 7) is 14.6. The average molecular weight is 389 g/mol. The quantitative estimate of drug-likeness (QED) is 0.751. The second-order valence-electron chi connectivity index (χ2n) is 9.36. The molecule has 1 fully saturated rings. The lowest BCUT2D eigenvalue weighted by atomic mass is 10.1. The Morgan fingerprint density at radius 3 is 2.22 bits per heavy atom. The van der Waals surface area contributed by atoms with Crippen molar-refractivity contribution in [1.29, 1.82) is 0 Å². The summed E-state index contributed by atoms with van der Waals surface area (Å²) in [6, 6.07) is -0.673. The van der Waals surface area contributed by atoms with E-state index in [1.165, 1.54) is 0 Å². The van der Waals surface area contributed by atoms with Gasteiger partial charge in [0.05, 0.1) is 25.3 Å². The van der Waals surface area contributed by atoms with Gasteiger partial charge in [-0.05, 0) is 68.2 Å². The molecule has 0 spiro atoms. The first-order valence-corrected chi connectivity index (χ1v) is 9.41. The minimum Gasteiger partial charge on any atom is -0.444 e. The number of alkyl carbamates (subject to hydrolysis) is 1. The summed E-state index contributed by atoms with van der Waals surface area (Å²) in [5.74, 6) is 0. The van der Waals surface area contributed by atoms with Crippen LogP contribution in [0.2, 0.25) is 0 Å². The molecule has 2 amide bonds. The molecule has 0 aromatic carbocycles. The van der Waals surface area contributed by atoms with Crippen molar-refractivity contribution < 1.29 is 28.9 Å². The maximum Gasteiger partial charge on any atom is 0.412 e. The van der Waals surface area contributed by atoms with Crippen LogP contribution >= 0.6 is 0 Å². The van der Waals surface area contributed by atoms with Crippen LogP contribution < -0.4 is 5.32 Å². The number of carbonyl (C=O) groups is 2. The molecular formula is C19H36N2O6. The van der Waals surface area contributed by atoms with Crippen LogP contribution in [0.25, 0.3) is 0 Å². The summed E-state index contributed by atoms with van der Waals surface area (Å²) in [6.07, 6.45) is 0.00671. The van der Waals surface area contributed by atoms with E-state index in [1.54, 1.807) is 25.7 Å². The predicted molar refractivity (Wildman–Crippen MR) is 101 cm³/mol. The molecule has 1 saturated heterocycles. The van der Waals surface area contributed by atoms with Crippen molar-refractivity contribution in [3.05, 3.63) is 0 Å². The lowest BCUT2D eigenvalue weighted by molar-refractivity contribution is -0.0628. The van der Waals surface area contributed by atoms with Gasteiger partial charge in [-0.1, -0.05) is 0 Å². The molecule has 0 radical (unpaired) electrons. The van der Waals surface area contributed by atoms with Crippen molar-refractivity contribution in [2.75, 3.05) is 13.2 Å². The van der Waals surface area contributed by atoms with E-state index in [9.17, 15) is 14.7 Å². The maximum absolute atomic E-state index is 12.6. The third-order valence-electron chi connectivity index (χ3n) is 3.95. The topological polar surface area (TPSA) is 97.3 Å². The third kappa shape index (κ3) is 7.92. The van der Waals surface area contributed by atoms with Crippen molar-refractivity contribution in [3.8, 4) is 0 Å². The lowest BCUT2D eigenvalue weighted by Gasteiger charge is -2.35. The van der Waals surface area contributed by atoms with Gasteiger partial charge in [-0.2, -0.15) is 0 Å². The molecule has 0 aliphatic carbocycles. The van der Waals surface area contributed by atoms with Crippen LogP contribution in [0.4, 0.5) is 9.59 Å². The molecule has 8 nitrogen and oxygen atoms in total. The Morgan fingerprint density at radius 1 is 1.19 bits per heavy atom. The summed E-state index contributed by atoms with van der Waals surface area (Å²) in [4.78, 5) is 26.1. The van der Waals surface area contributed by atoms with Crippen molar-refractivity contribution in [1.82, 2.24) is 10.2 Å². The molecule has 1 heterocycles. The fraction of sp³-hybridized carbons (Fsp3) is 0.895. The van der Waals surface area contributed by atoms with E-state index in [2.05, 4.69) is 5.32 Å². The number of amides is 2. The molecule has 2 N–H and O–H groups in total. The maximum atomic E-state index is 12.6. The van der Waals surface area contributed by atoms with Crippen LogP contribution in [0.1, 0.15) is 68.2 Å². The number of rotatable bonds is 5. The van der Waals surface area contributed by atoms with Crippen molar-refractivity contribution in [2.24, 2.45) is 0 Å². The largest absolute Gasteiger partial charge is 0.444 e. The van der Waals surface area contributed by atoms with Gasteiger partial charge in [0.25, 0.3) is 0 Å². The Labute approximate surface area is 162 Å². The number of nitrogens with one attached hydrogen (secondary N) is 1. The third-order valence-corrected chi connectivity index (χ3v) is 3.95. The second kappa shape index (κ2) is 8.65. The molecule has 0 aromatic heterocycles. The number of aliphatic hydroxyl groups excluding tert-OH is 1. The zero-order valence-electron chi connectivity index (χ0n) is 17.9. The molecule has 0 saturated carbocycles. The highest BCUT2D eigenvalue weighted by Gasteiger charge is 2.45. The van der Waals surface area contributed by atoms with E-state index in [1.807, 2.05) is 34.6 Å². The zero-order valence-corrected chi connectivity index (χ0v) is 17.9. The number of aliphatic hydroxyl groups is 1. The summed E-state index contributed by atoms with van der Waals surface area (Å²) in [5.41, 5.74) is -1.99. The van der Waals surface area contributed by atoms with Crippen LogP contribution in [0.15, 0.2) is 0 Å². The van der Waals surface area contributed by atoms with E-state index in [0.29, 0.717) is 19.4 Å². The molecule has 2 atom stereocenters. The standard InChI is InChI=1S/C19H36N2O6/c1-17(2,3)26-15(23)20-13(11-22)9-10-14-12-25-19(7,8)21(14)16(24)27-18(4,5)6/h13-14,22H,9-12H2,1-8H3,(H,20,23)/t13-,14-/m1/s1. The fourth-order valence-corrected chi connectivity index (χ4v) is 2.85. The van der Waals surface area contributed by atoms with Crippen LogP contribution in [-0.2, 0) is 14.2 Å². The molecule has 8 heteroatoms. The highest BCUT2D eigenvalue weighted by Crippen LogP contribution is 2.31. The van der Waals surface area contributed by atoms with Gasteiger partial charge in [0.2, 0.25) is 0 Å². The van der Waals surface area contributed by atoms with Gasteiger partial charge >= 0.3 is 12.2 Å². The monoisotopic (exact) mass is 388 g/mol.